The fraction of sp³-hybridized carbons (Fsp3) is 0.500. The molecule has 0 aliphatic heterocycles. The van der Waals surface area contributed by atoms with Gasteiger partial charge in [-0.3, -0.25) is 0 Å². The Kier molecular flexibility index (Phi) is 3.76. The number of hydrogen-bond donors (Lipinski definition) is 1. The van der Waals surface area contributed by atoms with Crippen molar-refractivity contribution < 1.29 is 4.42 Å². The molecule has 18 heavy (non-hydrogen) atoms. The standard InChI is InChI=1S/C16H23NO/c1-6-9-17-13(5)15-12(4)14-8-7-10(2)11(3)16(14)18-15/h7-8,13,17H,6,9H2,1-5H3. The molecule has 2 nitrogen and oxygen atoms in total. The van der Waals surface area contributed by atoms with Crippen molar-refractivity contribution in [3.8, 4) is 0 Å². The molecule has 0 saturated heterocycles. The lowest BCUT2D eigenvalue weighted by Crippen LogP contribution is -2.19. The van der Waals surface area contributed by atoms with Gasteiger partial charge in [0.25, 0.3) is 0 Å². The third-order valence-corrected chi connectivity index (χ3v) is 3.76. The number of rotatable bonds is 4. The van der Waals surface area contributed by atoms with Gasteiger partial charge in [0.15, 0.2) is 0 Å². The number of furan rings is 1. The van der Waals surface area contributed by atoms with E-state index in [9.17, 15) is 0 Å². The Bertz CT molecular complexity index is 554. The highest BCUT2D eigenvalue weighted by molar-refractivity contribution is 5.85. The quantitative estimate of drug-likeness (QED) is 0.862. The second-order valence-corrected chi connectivity index (χ2v) is 5.15. The van der Waals surface area contributed by atoms with Crippen LogP contribution in [0.25, 0.3) is 11.0 Å². The first-order chi connectivity index (χ1) is 8.56. The van der Waals surface area contributed by atoms with Gasteiger partial charge in [0.2, 0.25) is 0 Å². The van der Waals surface area contributed by atoms with Crippen molar-refractivity contribution in [1.82, 2.24) is 5.32 Å². The zero-order valence-corrected chi connectivity index (χ0v) is 12.1. The van der Waals surface area contributed by atoms with Crippen molar-refractivity contribution in [3.05, 3.63) is 34.6 Å². The third-order valence-electron chi connectivity index (χ3n) is 3.76. The molecule has 0 aliphatic carbocycles. The smallest absolute Gasteiger partial charge is 0.137 e. The van der Waals surface area contributed by atoms with Gasteiger partial charge in [-0.05, 0) is 57.4 Å². The second-order valence-electron chi connectivity index (χ2n) is 5.15. The van der Waals surface area contributed by atoms with E-state index in [0.717, 1.165) is 24.3 Å². The minimum absolute atomic E-state index is 0.275. The zero-order chi connectivity index (χ0) is 13.3. The van der Waals surface area contributed by atoms with Gasteiger partial charge in [-0.25, -0.2) is 0 Å². The van der Waals surface area contributed by atoms with Gasteiger partial charge in [-0.15, -0.1) is 0 Å². The summed E-state index contributed by atoms with van der Waals surface area (Å²) in [7, 11) is 0. The normalized spacial score (nSPS) is 13.2. The fourth-order valence-corrected chi connectivity index (χ4v) is 2.40. The fourth-order valence-electron chi connectivity index (χ4n) is 2.40. The van der Waals surface area contributed by atoms with Crippen LogP contribution in [-0.2, 0) is 0 Å². The summed E-state index contributed by atoms with van der Waals surface area (Å²) in [5.74, 6) is 1.08. The minimum Gasteiger partial charge on any atom is -0.459 e. The summed E-state index contributed by atoms with van der Waals surface area (Å²) < 4.78 is 6.11. The number of aryl methyl sites for hydroxylation is 3. The lowest BCUT2D eigenvalue weighted by atomic mass is 10.0. The Morgan fingerprint density at radius 1 is 1.17 bits per heavy atom. The number of benzene rings is 1. The van der Waals surface area contributed by atoms with E-state index in [0.29, 0.717) is 0 Å². The Morgan fingerprint density at radius 2 is 1.89 bits per heavy atom. The molecule has 2 heteroatoms. The minimum atomic E-state index is 0.275. The van der Waals surface area contributed by atoms with Crippen LogP contribution in [0.4, 0.5) is 0 Å². The van der Waals surface area contributed by atoms with E-state index in [1.807, 2.05) is 0 Å². The van der Waals surface area contributed by atoms with Crippen LogP contribution in [0.1, 0.15) is 48.8 Å². The van der Waals surface area contributed by atoms with E-state index < -0.39 is 0 Å². The monoisotopic (exact) mass is 245 g/mol. The van der Waals surface area contributed by atoms with E-state index in [1.165, 1.54) is 22.1 Å². The Morgan fingerprint density at radius 3 is 2.56 bits per heavy atom. The van der Waals surface area contributed by atoms with Crippen molar-refractivity contribution in [2.45, 2.75) is 47.1 Å². The molecule has 1 aromatic carbocycles. The highest BCUT2D eigenvalue weighted by Crippen LogP contribution is 2.32. The average Bonchev–Trinajstić information content (AvgIpc) is 2.69. The lowest BCUT2D eigenvalue weighted by Gasteiger charge is -2.11. The van der Waals surface area contributed by atoms with E-state index >= 15 is 0 Å². The molecule has 0 radical (unpaired) electrons. The average molecular weight is 245 g/mol. The first kappa shape index (κ1) is 13.2. The van der Waals surface area contributed by atoms with Crippen molar-refractivity contribution >= 4 is 11.0 Å². The van der Waals surface area contributed by atoms with Crippen molar-refractivity contribution in [1.29, 1.82) is 0 Å². The lowest BCUT2D eigenvalue weighted by molar-refractivity contribution is 0.448. The highest BCUT2D eigenvalue weighted by atomic mass is 16.3. The SMILES string of the molecule is CCCNC(C)c1oc2c(C)c(C)ccc2c1C. The van der Waals surface area contributed by atoms with Crippen LogP contribution >= 0.6 is 0 Å². The third kappa shape index (κ3) is 2.17. The largest absolute Gasteiger partial charge is 0.459 e. The molecule has 1 aromatic heterocycles. The Labute approximate surface area is 109 Å². The second kappa shape index (κ2) is 5.15. The molecule has 98 valence electrons. The molecule has 1 atom stereocenters. The summed E-state index contributed by atoms with van der Waals surface area (Å²) in [4.78, 5) is 0. The molecule has 1 heterocycles. The molecule has 1 unspecified atom stereocenters. The van der Waals surface area contributed by atoms with Gasteiger partial charge in [0, 0.05) is 5.39 Å². The first-order valence-corrected chi connectivity index (χ1v) is 6.78. The predicted octanol–water partition coefficient (Wildman–Crippen LogP) is 4.42. The van der Waals surface area contributed by atoms with Gasteiger partial charge >= 0.3 is 0 Å². The maximum Gasteiger partial charge on any atom is 0.137 e. The molecule has 2 aromatic rings. The summed E-state index contributed by atoms with van der Waals surface area (Å²) in [6.07, 6.45) is 1.14. The van der Waals surface area contributed by atoms with Crippen molar-refractivity contribution in [3.63, 3.8) is 0 Å². The zero-order valence-electron chi connectivity index (χ0n) is 12.1. The highest BCUT2D eigenvalue weighted by Gasteiger charge is 2.17. The van der Waals surface area contributed by atoms with Crippen LogP contribution in [0, 0.1) is 20.8 Å². The van der Waals surface area contributed by atoms with Crippen LogP contribution < -0.4 is 5.32 Å². The van der Waals surface area contributed by atoms with E-state index in [4.69, 9.17) is 4.42 Å². The van der Waals surface area contributed by atoms with E-state index in [-0.39, 0.29) is 6.04 Å². The summed E-state index contributed by atoms with van der Waals surface area (Å²) in [6, 6.07) is 4.62. The molecule has 0 saturated carbocycles. The molecule has 0 spiro atoms. The van der Waals surface area contributed by atoms with Crippen LogP contribution in [-0.4, -0.2) is 6.54 Å². The topological polar surface area (TPSA) is 25.2 Å². The first-order valence-electron chi connectivity index (χ1n) is 6.78. The molecular weight excluding hydrogens is 222 g/mol. The summed E-state index contributed by atoms with van der Waals surface area (Å²) >= 11 is 0. The van der Waals surface area contributed by atoms with Gasteiger partial charge in [-0.1, -0.05) is 19.1 Å². The maximum absolute atomic E-state index is 6.11. The Hall–Kier alpha value is -1.28. The number of hydrogen-bond acceptors (Lipinski definition) is 2. The van der Waals surface area contributed by atoms with Crippen LogP contribution in [0.2, 0.25) is 0 Å². The van der Waals surface area contributed by atoms with Gasteiger partial charge in [-0.2, -0.15) is 0 Å². The number of fused-ring (bicyclic) bond motifs is 1. The molecule has 0 bridgehead atoms. The Balaban J connectivity index is 2.47. The summed E-state index contributed by atoms with van der Waals surface area (Å²) in [6.45, 7) is 11.8. The molecule has 0 fully saturated rings. The molecule has 2 rings (SSSR count). The summed E-state index contributed by atoms with van der Waals surface area (Å²) in [5.41, 5.74) is 4.86. The van der Waals surface area contributed by atoms with Gasteiger partial charge in [0.05, 0.1) is 6.04 Å². The van der Waals surface area contributed by atoms with Crippen molar-refractivity contribution in [2.24, 2.45) is 0 Å². The summed E-state index contributed by atoms with van der Waals surface area (Å²) in [5, 5.41) is 4.74. The van der Waals surface area contributed by atoms with E-state index in [1.54, 1.807) is 0 Å². The predicted molar refractivity (Wildman–Crippen MR) is 77.1 cm³/mol. The molecular formula is C16H23NO. The van der Waals surface area contributed by atoms with Crippen molar-refractivity contribution in [2.75, 3.05) is 6.54 Å². The van der Waals surface area contributed by atoms with Crippen LogP contribution in [0.3, 0.4) is 0 Å². The molecule has 0 aliphatic rings. The van der Waals surface area contributed by atoms with Gasteiger partial charge in [0.1, 0.15) is 11.3 Å². The number of nitrogens with one attached hydrogen (secondary N) is 1. The molecule has 1 N–H and O–H groups in total. The molecule has 0 amide bonds. The van der Waals surface area contributed by atoms with Crippen LogP contribution in [0.15, 0.2) is 16.5 Å². The van der Waals surface area contributed by atoms with Crippen LogP contribution in [0.5, 0.6) is 0 Å². The van der Waals surface area contributed by atoms with Gasteiger partial charge < -0.3 is 9.73 Å². The maximum atomic E-state index is 6.11. The van der Waals surface area contributed by atoms with E-state index in [2.05, 4.69) is 52.1 Å².